The summed E-state index contributed by atoms with van der Waals surface area (Å²) in [5, 5.41) is 2.53. The second kappa shape index (κ2) is 6.62. The molecule has 0 aromatic heterocycles. The van der Waals surface area contributed by atoms with Crippen molar-refractivity contribution in [2.45, 2.75) is 17.7 Å². The van der Waals surface area contributed by atoms with E-state index in [1.165, 1.54) is 24.5 Å². The normalized spacial score (nSPS) is 19.7. The maximum atomic E-state index is 13.4. The topological polar surface area (TPSA) is 75.7 Å². The van der Waals surface area contributed by atoms with E-state index in [0.717, 1.165) is 12.1 Å². The lowest BCUT2D eigenvalue weighted by Crippen LogP contribution is -2.44. The maximum Gasteiger partial charge on any atom is 0.246 e. The average Bonchev–Trinajstić information content (AvgIpc) is 2.54. The molecule has 0 spiro atoms. The molecule has 0 aliphatic carbocycles. The molecule has 6 nitrogen and oxygen atoms in total. The number of benzene rings is 1. The molecule has 0 radical (unpaired) electrons. The van der Waals surface area contributed by atoms with E-state index < -0.39 is 21.8 Å². The molecular formula is C14H19FN2O4S. The predicted molar refractivity (Wildman–Crippen MR) is 78.5 cm³/mol. The van der Waals surface area contributed by atoms with Gasteiger partial charge in [-0.2, -0.15) is 4.31 Å². The first-order chi connectivity index (χ1) is 10.4. The van der Waals surface area contributed by atoms with E-state index in [0.29, 0.717) is 19.4 Å². The third kappa shape index (κ3) is 3.22. The molecule has 1 aliphatic rings. The minimum absolute atomic E-state index is 0.0850. The predicted octanol–water partition coefficient (Wildman–Crippen LogP) is 0.981. The van der Waals surface area contributed by atoms with E-state index in [-0.39, 0.29) is 23.1 Å². The number of ether oxygens (including phenoxy) is 1. The average molecular weight is 330 g/mol. The van der Waals surface area contributed by atoms with Crippen molar-refractivity contribution in [2.24, 2.45) is 5.92 Å². The minimum atomic E-state index is -3.91. The molecule has 1 aromatic carbocycles. The van der Waals surface area contributed by atoms with Crippen LogP contribution >= 0.6 is 0 Å². The van der Waals surface area contributed by atoms with Gasteiger partial charge in [0.25, 0.3) is 0 Å². The van der Waals surface area contributed by atoms with Crippen molar-refractivity contribution < 1.29 is 22.3 Å². The number of carbonyl (C=O) groups excluding carboxylic acids is 1. The van der Waals surface area contributed by atoms with Crippen molar-refractivity contribution >= 4 is 15.9 Å². The van der Waals surface area contributed by atoms with E-state index in [2.05, 4.69) is 5.32 Å². The molecule has 1 N–H and O–H groups in total. The number of nitrogens with one attached hydrogen (secondary N) is 1. The molecule has 1 aliphatic heterocycles. The molecule has 8 heteroatoms. The summed E-state index contributed by atoms with van der Waals surface area (Å²) in [7, 11) is -1.07. The summed E-state index contributed by atoms with van der Waals surface area (Å²) in [6.45, 7) is 0.386. The lowest BCUT2D eigenvalue weighted by Gasteiger charge is -2.31. The van der Waals surface area contributed by atoms with Crippen LogP contribution in [0.5, 0.6) is 5.75 Å². The molecule has 122 valence electrons. The molecule has 0 bridgehead atoms. The van der Waals surface area contributed by atoms with Gasteiger partial charge in [0.05, 0.1) is 13.0 Å². The Hall–Kier alpha value is -1.67. The van der Waals surface area contributed by atoms with Crippen molar-refractivity contribution in [2.75, 3.05) is 27.2 Å². The number of hydrogen-bond acceptors (Lipinski definition) is 4. The lowest BCUT2D eigenvalue weighted by atomic mass is 9.99. The third-order valence-electron chi connectivity index (χ3n) is 3.74. The summed E-state index contributed by atoms with van der Waals surface area (Å²) >= 11 is 0. The number of sulfonamides is 1. The number of hydrogen-bond donors (Lipinski definition) is 1. The number of halogens is 1. The summed E-state index contributed by atoms with van der Waals surface area (Å²) in [5.74, 6) is -1.15. The van der Waals surface area contributed by atoms with Gasteiger partial charge < -0.3 is 10.1 Å². The molecule has 2 rings (SSSR count). The first-order valence-corrected chi connectivity index (χ1v) is 8.39. The van der Waals surface area contributed by atoms with Gasteiger partial charge in [-0.1, -0.05) is 0 Å². The van der Waals surface area contributed by atoms with Gasteiger partial charge in [-0.3, -0.25) is 4.79 Å². The van der Waals surface area contributed by atoms with Crippen molar-refractivity contribution in [3.05, 3.63) is 24.0 Å². The van der Waals surface area contributed by atoms with Crippen molar-refractivity contribution in [3.8, 4) is 5.75 Å². The Morgan fingerprint density at radius 3 is 2.82 bits per heavy atom. The first-order valence-electron chi connectivity index (χ1n) is 6.95. The molecule has 0 unspecified atom stereocenters. The fourth-order valence-electron chi connectivity index (χ4n) is 2.57. The van der Waals surface area contributed by atoms with Gasteiger partial charge in [0.1, 0.15) is 16.5 Å². The fraction of sp³-hybridized carbons (Fsp3) is 0.500. The molecule has 1 saturated heterocycles. The molecule has 1 heterocycles. The summed E-state index contributed by atoms with van der Waals surface area (Å²) in [6.07, 6.45) is 1.21. The van der Waals surface area contributed by atoms with Crippen LogP contribution in [0.2, 0.25) is 0 Å². The van der Waals surface area contributed by atoms with E-state index in [1.54, 1.807) is 0 Å². The van der Waals surface area contributed by atoms with E-state index >= 15 is 0 Å². The number of nitrogens with zero attached hydrogens (tertiary/aromatic N) is 1. The van der Waals surface area contributed by atoms with Gasteiger partial charge in [0.2, 0.25) is 15.9 Å². The molecule has 22 heavy (non-hydrogen) atoms. The monoisotopic (exact) mass is 330 g/mol. The Kier molecular flexibility index (Phi) is 5.02. The Morgan fingerprint density at radius 1 is 1.45 bits per heavy atom. The number of carbonyl (C=O) groups is 1. The number of piperidine rings is 1. The second-order valence-corrected chi connectivity index (χ2v) is 7.02. The van der Waals surface area contributed by atoms with Gasteiger partial charge in [0, 0.05) is 20.1 Å². The van der Waals surface area contributed by atoms with Gasteiger partial charge >= 0.3 is 0 Å². The molecular weight excluding hydrogens is 311 g/mol. The standard InChI is InChI=1S/C14H19FN2O4S/c1-16-14(18)10-4-3-7-17(9-10)22(19,20)13-8-11(15)5-6-12(13)21-2/h5-6,8,10H,3-4,7,9H2,1-2H3,(H,16,18)/t10-/m0/s1. The lowest BCUT2D eigenvalue weighted by molar-refractivity contribution is -0.125. The number of rotatable bonds is 4. The highest BCUT2D eigenvalue weighted by Gasteiger charge is 2.34. The molecule has 1 atom stereocenters. The van der Waals surface area contributed by atoms with Crippen LogP contribution in [0.3, 0.4) is 0 Å². The molecule has 0 saturated carbocycles. The van der Waals surface area contributed by atoms with E-state index in [9.17, 15) is 17.6 Å². The largest absolute Gasteiger partial charge is 0.495 e. The zero-order chi connectivity index (χ0) is 16.3. The van der Waals surface area contributed by atoms with Crippen molar-refractivity contribution in [3.63, 3.8) is 0 Å². The van der Waals surface area contributed by atoms with Crippen LogP contribution in [-0.2, 0) is 14.8 Å². The Balaban J connectivity index is 2.34. The quantitative estimate of drug-likeness (QED) is 0.893. The van der Waals surface area contributed by atoms with Gasteiger partial charge in [-0.25, -0.2) is 12.8 Å². The van der Waals surface area contributed by atoms with Gasteiger partial charge in [-0.05, 0) is 31.0 Å². The minimum Gasteiger partial charge on any atom is -0.495 e. The Morgan fingerprint density at radius 2 is 2.18 bits per heavy atom. The highest BCUT2D eigenvalue weighted by atomic mass is 32.2. The highest BCUT2D eigenvalue weighted by molar-refractivity contribution is 7.89. The zero-order valence-electron chi connectivity index (χ0n) is 12.5. The van der Waals surface area contributed by atoms with Gasteiger partial charge in [-0.15, -0.1) is 0 Å². The highest BCUT2D eigenvalue weighted by Crippen LogP contribution is 2.30. The SMILES string of the molecule is CNC(=O)[C@H]1CCCN(S(=O)(=O)c2cc(F)ccc2OC)C1. The Bertz CT molecular complexity index is 663. The summed E-state index contributed by atoms with van der Waals surface area (Å²) < 4.78 is 45.1. The van der Waals surface area contributed by atoms with E-state index in [4.69, 9.17) is 4.74 Å². The fourth-order valence-corrected chi connectivity index (χ4v) is 4.26. The van der Waals surface area contributed by atoms with Crippen LogP contribution in [0.15, 0.2) is 23.1 Å². The summed E-state index contributed by atoms with van der Waals surface area (Å²) in [6, 6.07) is 3.36. The van der Waals surface area contributed by atoms with E-state index in [1.807, 2.05) is 0 Å². The zero-order valence-corrected chi connectivity index (χ0v) is 13.3. The number of methoxy groups -OCH3 is 1. The molecule has 1 amide bonds. The summed E-state index contributed by atoms with van der Waals surface area (Å²) in [5.41, 5.74) is 0. The van der Waals surface area contributed by atoms with Crippen LogP contribution < -0.4 is 10.1 Å². The van der Waals surface area contributed by atoms with Crippen molar-refractivity contribution in [1.82, 2.24) is 9.62 Å². The summed E-state index contributed by atoms with van der Waals surface area (Å²) in [4.78, 5) is 11.5. The molecule has 1 aromatic rings. The molecule has 1 fully saturated rings. The first kappa shape index (κ1) is 16.7. The smallest absolute Gasteiger partial charge is 0.246 e. The van der Waals surface area contributed by atoms with Crippen LogP contribution in [0.1, 0.15) is 12.8 Å². The second-order valence-electron chi connectivity index (χ2n) is 5.11. The maximum absolute atomic E-state index is 13.4. The van der Waals surface area contributed by atoms with Crippen LogP contribution in [0.25, 0.3) is 0 Å². The van der Waals surface area contributed by atoms with Crippen LogP contribution in [0.4, 0.5) is 4.39 Å². The van der Waals surface area contributed by atoms with Crippen molar-refractivity contribution in [1.29, 1.82) is 0 Å². The third-order valence-corrected chi connectivity index (χ3v) is 5.63. The van der Waals surface area contributed by atoms with Gasteiger partial charge in [0.15, 0.2) is 0 Å². The van der Waals surface area contributed by atoms with Crippen LogP contribution in [-0.4, -0.2) is 45.9 Å². The van der Waals surface area contributed by atoms with Crippen LogP contribution in [0, 0.1) is 11.7 Å². The number of amides is 1. The Labute approximate surface area is 129 Å².